The van der Waals surface area contributed by atoms with E-state index in [9.17, 15) is 4.39 Å². The molecule has 19 heavy (non-hydrogen) atoms. The molecular weight excluding hydrogens is 241 g/mol. The van der Waals surface area contributed by atoms with Gasteiger partial charge in [-0.25, -0.2) is 4.39 Å². The first-order chi connectivity index (χ1) is 9.26. The van der Waals surface area contributed by atoms with Crippen LogP contribution in [0.25, 0.3) is 0 Å². The normalized spacial score (nSPS) is 23.3. The standard InChI is InChI=1S/C16H24FNO/c1-3-10-18-16-7-5-4-6-14(16)13-9-8-12(19-2)11-15(13)17/h8-9,11,14,16,18H,3-7,10H2,1-2H3. The Labute approximate surface area is 115 Å². The van der Waals surface area contributed by atoms with E-state index in [-0.39, 0.29) is 5.82 Å². The lowest BCUT2D eigenvalue weighted by Crippen LogP contribution is -2.38. The van der Waals surface area contributed by atoms with Crippen molar-refractivity contribution < 1.29 is 9.13 Å². The molecule has 2 rings (SSSR count). The second-order valence-corrected chi connectivity index (χ2v) is 5.34. The summed E-state index contributed by atoms with van der Waals surface area (Å²) in [5.41, 5.74) is 0.842. The molecular formula is C16H24FNO. The zero-order chi connectivity index (χ0) is 13.7. The van der Waals surface area contributed by atoms with Crippen LogP contribution < -0.4 is 10.1 Å². The van der Waals surface area contributed by atoms with Gasteiger partial charge in [0.2, 0.25) is 0 Å². The number of benzene rings is 1. The number of ether oxygens (including phenoxy) is 1. The molecule has 1 aliphatic rings. The van der Waals surface area contributed by atoms with Crippen LogP contribution in [0.4, 0.5) is 4.39 Å². The van der Waals surface area contributed by atoms with Gasteiger partial charge in [-0.15, -0.1) is 0 Å². The van der Waals surface area contributed by atoms with Gasteiger partial charge in [-0.3, -0.25) is 0 Å². The van der Waals surface area contributed by atoms with Gasteiger partial charge in [-0.05, 0) is 37.4 Å². The fraction of sp³-hybridized carbons (Fsp3) is 0.625. The van der Waals surface area contributed by atoms with Crippen LogP contribution in [0.5, 0.6) is 5.75 Å². The Morgan fingerprint density at radius 1 is 1.32 bits per heavy atom. The summed E-state index contributed by atoms with van der Waals surface area (Å²) in [6.07, 6.45) is 5.78. The molecule has 1 fully saturated rings. The highest BCUT2D eigenvalue weighted by molar-refractivity contribution is 5.32. The summed E-state index contributed by atoms with van der Waals surface area (Å²) in [7, 11) is 1.57. The van der Waals surface area contributed by atoms with Gasteiger partial charge in [0, 0.05) is 18.0 Å². The minimum atomic E-state index is -0.130. The molecule has 1 N–H and O–H groups in total. The molecule has 0 aromatic heterocycles. The zero-order valence-corrected chi connectivity index (χ0v) is 11.9. The molecule has 1 saturated carbocycles. The molecule has 0 spiro atoms. The van der Waals surface area contributed by atoms with E-state index < -0.39 is 0 Å². The maximum atomic E-state index is 14.2. The van der Waals surface area contributed by atoms with Crippen molar-refractivity contribution in [3.05, 3.63) is 29.6 Å². The Kier molecular flexibility index (Phi) is 5.20. The SMILES string of the molecule is CCCNC1CCCCC1c1ccc(OC)cc1F. The van der Waals surface area contributed by atoms with Crippen molar-refractivity contribution in [1.29, 1.82) is 0 Å². The van der Waals surface area contributed by atoms with E-state index >= 15 is 0 Å². The lowest BCUT2D eigenvalue weighted by molar-refractivity contribution is 0.321. The zero-order valence-electron chi connectivity index (χ0n) is 11.9. The largest absolute Gasteiger partial charge is 0.497 e. The summed E-state index contributed by atoms with van der Waals surface area (Å²) >= 11 is 0. The number of hydrogen-bond donors (Lipinski definition) is 1. The topological polar surface area (TPSA) is 21.3 Å². The van der Waals surface area contributed by atoms with Gasteiger partial charge in [0.25, 0.3) is 0 Å². The van der Waals surface area contributed by atoms with Crippen molar-refractivity contribution in [2.24, 2.45) is 0 Å². The minimum absolute atomic E-state index is 0.130. The Hall–Kier alpha value is -1.09. The maximum absolute atomic E-state index is 14.2. The average molecular weight is 265 g/mol. The Morgan fingerprint density at radius 2 is 2.11 bits per heavy atom. The van der Waals surface area contributed by atoms with Gasteiger partial charge in [0.1, 0.15) is 11.6 Å². The van der Waals surface area contributed by atoms with Crippen LogP contribution in [0.1, 0.15) is 50.5 Å². The molecule has 1 aromatic rings. The lowest BCUT2D eigenvalue weighted by Gasteiger charge is -2.33. The van der Waals surface area contributed by atoms with E-state index in [4.69, 9.17) is 4.74 Å². The smallest absolute Gasteiger partial charge is 0.130 e. The van der Waals surface area contributed by atoms with Gasteiger partial charge in [-0.1, -0.05) is 25.8 Å². The molecule has 1 aromatic carbocycles. The van der Waals surface area contributed by atoms with Gasteiger partial charge in [0.05, 0.1) is 7.11 Å². The van der Waals surface area contributed by atoms with Crippen LogP contribution in [0.3, 0.4) is 0 Å². The maximum Gasteiger partial charge on any atom is 0.130 e. The minimum Gasteiger partial charge on any atom is -0.497 e. The molecule has 1 aliphatic carbocycles. The van der Waals surface area contributed by atoms with E-state index in [0.29, 0.717) is 17.7 Å². The van der Waals surface area contributed by atoms with Crippen molar-refractivity contribution in [2.45, 2.75) is 51.0 Å². The second-order valence-electron chi connectivity index (χ2n) is 5.34. The van der Waals surface area contributed by atoms with E-state index in [1.807, 2.05) is 12.1 Å². The van der Waals surface area contributed by atoms with Crippen LogP contribution in [-0.2, 0) is 0 Å². The van der Waals surface area contributed by atoms with Crippen LogP contribution >= 0.6 is 0 Å². The van der Waals surface area contributed by atoms with Gasteiger partial charge in [0.15, 0.2) is 0 Å². The number of rotatable bonds is 5. The summed E-state index contributed by atoms with van der Waals surface area (Å²) < 4.78 is 19.3. The molecule has 0 saturated heterocycles. The highest BCUT2D eigenvalue weighted by Gasteiger charge is 2.28. The first-order valence-corrected chi connectivity index (χ1v) is 7.33. The van der Waals surface area contributed by atoms with Crippen molar-refractivity contribution in [3.8, 4) is 5.75 Å². The van der Waals surface area contributed by atoms with Gasteiger partial charge in [-0.2, -0.15) is 0 Å². The van der Waals surface area contributed by atoms with Crippen molar-refractivity contribution in [1.82, 2.24) is 5.32 Å². The predicted octanol–water partition coefficient (Wildman–Crippen LogP) is 3.86. The summed E-state index contributed by atoms with van der Waals surface area (Å²) in [5, 5.41) is 3.58. The quantitative estimate of drug-likeness (QED) is 0.873. The first kappa shape index (κ1) is 14.3. The summed E-state index contributed by atoms with van der Waals surface area (Å²) in [4.78, 5) is 0. The molecule has 0 radical (unpaired) electrons. The second kappa shape index (κ2) is 6.90. The molecule has 2 nitrogen and oxygen atoms in total. The lowest BCUT2D eigenvalue weighted by atomic mass is 9.79. The number of hydrogen-bond acceptors (Lipinski definition) is 2. The Balaban J connectivity index is 2.17. The molecule has 0 aliphatic heterocycles. The van der Waals surface area contributed by atoms with Gasteiger partial charge < -0.3 is 10.1 Å². The third-order valence-electron chi connectivity index (χ3n) is 4.03. The van der Waals surface area contributed by atoms with E-state index in [1.54, 1.807) is 7.11 Å². The molecule has 2 atom stereocenters. The van der Waals surface area contributed by atoms with Crippen molar-refractivity contribution >= 4 is 0 Å². The molecule has 106 valence electrons. The molecule has 2 unspecified atom stereocenters. The third-order valence-corrected chi connectivity index (χ3v) is 4.03. The highest BCUT2D eigenvalue weighted by Crippen LogP contribution is 2.35. The average Bonchev–Trinajstić information content (AvgIpc) is 2.45. The van der Waals surface area contributed by atoms with E-state index in [2.05, 4.69) is 12.2 Å². The first-order valence-electron chi connectivity index (χ1n) is 7.33. The van der Waals surface area contributed by atoms with Crippen molar-refractivity contribution in [2.75, 3.05) is 13.7 Å². The fourth-order valence-electron chi connectivity index (χ4n) is 3.01. The number of halogens is 1. The van der Waals surface area contributed by atoms with Crippen LogP contribution in [0.2, 0.25) is 0 Å². The predicted molar refractivity (Wildman–Crippen MR) is 76.2 cm³/mol. The molecule has 3 heteroatoms. The molecule has 0 bridgehead atoms. The van der Waals surface area contributed by atoms with Gasteiger partial charge >= 0.3 is 0 Å². The monoisotopic (exact) mass is 265 g/mol. The number of nitrogens with one attached hydrogen (secondary N) is 1. The van der Waals surface area contributed by atoms with Crippen LogP contribution in [0.15, 0.2) is 18.2 Å². The van der Waals surface area contributed by atoms with E-state index in [1.165, 1.54) is 18.9 Å². The van der Waals surface area contributed by atoms with Crippen LogP contribution in [0, 0.1) is 5.82 Å². The van der Waals surface area contributed by atoms with E-state index in [0.717, 1.165) is 31.4 Å². The van der Waals surface area contributed by atoms with Crippen LogP contribution in [-0.4, -0.2) is 19.7 Å². The molecule has 0 amide bonds. The third kappa shape index (κ3) is 3.47. The Bertz CT molecular complexity index is 408. The molecule has 0 heterocycles. The Morgan fingerprint density at radius 3 is 2.79 bits per heavy atom. The van der Waals surface area contributed by atoms with Crippen molar-refractivity contribution in [3.63, 3.8) is 0 Å². The fourth-order valence-corrected chi connectivity index (χ4v) is 3.01. The summed E-state index contributed by atoms with van der Waals surface area (Å²) in [5.74, 6) is 0.760. The summed E-state index contributed by atoms with van der Waals surface area (Å²) in [6.45, 7) is 3.18. The highest BCUT2D eigenvalue weighted by atomic mass is 19.1. The summed E-state index contributed by atoms with van der Waals surface area (Å²) in [6, 6.07) is 5.67. The number of methoxy groups -OCH3 is 1.